The smallest absolute Gasteiger partial charge is 0.227 e. The molecule has 2 aromatic rings. The van der Waals surface area contributed by atoms with Gasteiger partial charge in [-0.1, -0.05) is 16.8 Å². The van der Waals surface area contributed by atoms with Crippen LogP contribution in [0.4, 0.5) is 0 Å². The minimum Gasteiger partial charge on any atom is -0.350 e. The molecule has 0 unspecified atom stereocenters. The molecule has 23 heavy (non-hydrogen) atoms. The van der Waals surface area contributed by atoms with Crippen LogP contribution in [-0.2, 0) is 11.2 Å². The fourth-order valence-corrected chi connectivity index (χ4v) is 1.91. The van der Waals surface area contributed by atoms with E-state index in [-0.39, 0.29) is 24.7 Å². The van der Waals surface area contributed by atoms with Gasteiger partial charge < -0.3 is 15.6 Å². The van der Waals surface area contributed by atoms with Gasteiger partial charge >= 0.3 is 0 Å². The second-order valence-electron chi connectivity index (χ2n) is 5.65. The van der Waals surface area contributed by atoms with Crippen LogP contribution in [0.3, 0.4) is 0 Å². The number of nitrogens with two attached hydrogens (primary N) is 1. The second kappa shape index (κ2) is 8.29. The Morgan fingerprint density at radius 1 is 1.35 bits per heavy atom. The molecule has 1 amide bonds. The van der Waals surface area contributed by atoms with Crippen molar-refractivity contribution in [3.63, 3.8) is 0 Å². The van der Waals surface area contributed by atoms with Crippen LogP contribution >= 0.6 is 24.0 Å². The molecule has 1 heterocycles. The lowest BCUT2D eigenvalue weighted by molar-refractivity contribution is -0.122. The van der Waals surface area contributed by atoms with Gasteiger partial charge in [-0.3, -0.25) is 4.79 Å². The molecule has 6 nitrogen and oxygen atoms in total. The van der Waals surface area contributed by atoms with Crippen molar-refractivity contribution < 1.29 is 9.32 Å². The predicted molar refractivity (Wildman–Crippen MR) is 91.6 cm³/mol. The monoisotopic (exact) mass is 358 g/mol. The SMILES string of the molecule is CC(C)(CN)NC(=O)CCc1nc(-c2ccc(Cl)cc2)no1.Cl. The van der Waals surface area contributed by atoms with Gasteiger partial charge in [0.2, 0.25) is 17.6 Å². The molecule has 0 aliphatic heterocycles. The van der Waals surface area contributed by atoms with Gasteiger partial charge in [0.25, 0.3) is 0 Å². The Morgan fingerprint density at radius 2 is 2.00 bits per heavy atom. The van der Waals surface area contributed by atoms with E-state index in [1.54, 1.807) is 12.1 Å². The Bertz CT molecular complexity index is 641. The molecule has 0 saturated heterocycles. The summed E-state index contributed by atoms with van der Waals surface area (Å²) >= 11 is 5.84. The summed E-state index contributed by atoms with van der Waals surface area (Å²) in [6.45, 7) is 4.12. The van der Waals surface area contributed by atoms with Crippen LogP contribution in [0.25, 0.3) is 11.4 Å². The zero-order chi connectivity index (χ0) is 16.2. The number of halogens is 2. The zero-order valence-electron chi connectivity index (χ0n) is 13.0. The highest BCUT2D eigenvalue weighted by Crippen LogP contribution is 2.19. The number of nitrogens with one attached hydrogen (secondary N) is 1. The van der Waals surface area contributed by atoms with Crippen LogP contribution in [-0.4, -0.2) is 28.1 Å². The Labute approximate surface area is 146 Å². The number of amides is 1. The summed E-state index contributed by atoms with van der Waals surface area (Å²) in [6.07, 6.45) is 0.652. The Balaban J connectivity index is 0.00000264. The molecule has 0 fully saturated rings. The molecule has 0 spiro atoms. The molecule has 126 valence electrons. The molecule has 0 aliphatic carbocycles. The first kappa shape index (κ1) is 19.4. The molecule has 2 rings (SSSR count). The molecule has 0 radical (unpaired) electrons. The first-order valence-electron chi connectivity index (χ1n) is 6.99. The number of aromatic nitrogens is 2. The van der Waals surface area contributed by atoms with Crippen LogP contribution in [0.1, 0.15) is 26.2 Å². The first-order chi connectivity index (χ1) is 10.4. The van der Waals surface area contributed by atoms with E-state index in [4.69, 9.17) is 21.9 Å². The van der Waals surface area contributed by atoms with Crippen molar-refractivity contribution in [3.8, 4) is 11.4 Å². The van der Waals surface area contributed by atoms with Gasteiger partial charge in [-0.05, 0) is 38.1 Å². The number of hydrogen-bond donors (Lipinski definition) is 2. The molecule has 0 aliphatic rings. The third-order valence-electron chi connectivity index (χ3n) is 3.12. The van der Waals surface area contributed by atoms with Crippen molar-refractivity contribution in [2.75, 3.05) is 6.54 Å². The Morgan fingerprint density at radius 3 is 2.61 bits per heavy atom. The fraction of sp³-hybridized carbons (Fsp3) is 0.400. The van der Waals surface area contributed by atoms with Crippen molar-refractivity contribution in [1.82, 2.24) is 15.5 Å². The van der Waals surface area contributed by atoms with E-state index in [1.165, 1.54) is 0 Å². The minimum atomic E-state index is -0.416. The van der Waals surface area contributed by atoms with E-state index in [0.29, 0.717) is 29.7 Å². The molecule has 0 atom stereocenters. The molecule has 1 aromatic heterocycles. The highest BCUT2D eigenvalue weighted by molar-refractivity contribution is 6.30. The summed E-state index contributed by atoms with van der Waals surface area (Å²) in [7, 11) is 0. The van der Waals surface area contributed by atoms with Gasteiger partial charge in [0, 0.05) is 35.5 Å². The lowest BCUT2D eigenvalue weighted by Crippen LogP contribution is -2.48. The predicted octanol–water partition coefficient (Wildman–Crippen LogP) is 2.60. The summed E-state index contributed by atoms with van der Waals surface area (Å²) in [5.74, 6) is 0.807. The topological polar surface area (TPSA) is 94.0 Å². The maximum Gasteiger partial charge on any atom is 0.227 e. The van der Waals surface area contributed by atoms with E-state index in [9.17, 15) is 4.79 Å². The molecular formula is C15H20Cl2N4O2. The van der Waals surface area contributed by atoms with E-state index < -0.39 is 5.54 Å². The second-order valence-corrected chi connectivity index (χ2v) is 6.09. The lowest BCUT2D eigenvalue weighted by Gasteiger charge is -2.23. The van der Waals surface area contributed by atoms with Crippen LogP contribution in [0.15, 0.2) is 28.8 Å². The van der Waals surface area contributed by atoms with Gasteiger partial charge in [-0.15, -0.1) is 12.4 Å². The molecule has 0 saturated carbocycles. The molecular weight excluding hydrogens is 339 g/mol. The minimum absolute atomic E-state index is 0. The highest BCUT2D eigenvalue weighted by Gasteiger charge is 2.18. The summed E-state index contributed by atoms with van der Waals surface area (Å²) in [5, 5.41) is 7.40. The van der Waals surface area contributed by atoms with Crippen molar-refractivity contribution in [2.24, 2.45) is 5.73 Å². The fourth-order valence-electron chi connectivity index (χ4n) is 1.78. The molecule has 8 heteroatoms. The summed E-state index contributed by atoms with van der Waals surface area (Å²) < 4.78 is 5.16. The van der Waals surface area contributed by atoms with Gasteiger partial charge in [0.15, 0.2) is 0 Å². The Hall–Kier alpha value is -1.63. The average Bonchev–Trinajstić information content (AvgIpc) is 2.94. The van der Waals surface area contributed by atoms with Gasteiger partial charge in [-0.2, -0.15) is 4.98 Å². The largest absolute Gasteiger partial charge is 0.350 e. The number of benzene rings is 1. The summed E-state index contributed by atoms with van der Waals surface area (Å²) in [5.41, 5.74) is 5.97. The van der Waals surface area contributed by atoms with Crippen LogP contribution in [0, 0.1) is 0 Å². The molecule has 0 bridgehead atoms. The first-order valence-corrected chi connectivity index (χ1v) is 7.37. The number of nitrogens with zero attached hydrogens (tertiary/aromatic N) is 2. The van der Waals surface area contributed by atoms with E-state index in [0.717, 1.165) is 5.56 Å². The summed E-state index contributed by atoms with van der Waals surface area (Å²) in [6, 6.07) is 7.14. The van der Waals surface area contributed by atoms with Crippen LogP contribution in [0.5, 0.6) is 0 Å². The van der Waals surface area contributed by atoms with Crippen molar-refractivity contribution in [1.29, 1.82) is 0 Å². The maximum absolute atomic E-state index is 11.8. The average molecular weight is 359 g/mol. The van der Waals surface area contributed by atoms with E-state index >= 15 is 0 Å². The number of hydrogen-bond acceptors (Lipinski definition) is 5. The third-order valence-corrected chi connectivity index (χ3v) is 3.38. The van der Waals surface area contributed by atoms with Gasteiger partial charge in [-0.25, -0.2) is 0 Å². The van der Waals surface area contributed by atoms with Crippen molar-refractivity contribution in [3.05, 3.63) is 35.2 Å². The molecule has 1 aromatic carbocycles. The highest BCUT2D eigenvalue weighted by atomic mass is 35.5. The van der Waals surface area contributed by atoms with E-state index in [1.807, 2.05) is 26.0 Å². The zero-order valence-corrected chi connectivity index (χ0v) is 14.6. The quantitative estimate of drug-likeness (QED) is 0.827. The van der Waals surface area contributed by atoms with Gasteiger partial charge in [0.05, 0.1) is 0 Å². The van der Waals surface area contributed by atoms with Gasteiger partial charge in [0.1, 0.15) is 0 Å². The lowest BCUT2D eigenvalue weighted by atomic mass is 10.1. The van der Waals surface area contributed by atoms with Crippen LogP contribution in [0.2, 0.25) is 5.02 Å². The number of rotatable bonds is 6. The van der Waals surface area contributed by atoms with E-state index in [2.05, 4.69) is 15.5 Å². The van der Waals surface area contributed by atoms with Crippen molar-refractivity contribution >= 4 is 29.9 Å². The number of carbonyl (C=O) groups excluding carboxylic acids is 1. The standard InChI is InChI=1S/C15H19ClN4O2.ClH/c1-15(2,9-17)19-12(21)7-8-13-18-14(20-22-13)10-3-5-11(16)6-4-10;/h3-6H,7-9,17H2,1-2H3,(H,19,21);1H. The normalized spacial score (nSPS) is 11.0. The number of aryl methyl sites for hydroxylation is 1. The maximum atomic E-state index is 11.8. The summed E-state index contributed by atoms with van der Waals surface area (Å²) in [4.78, 5) is 16.1. The third kappa shape index (κ3) is 5.82. The Kier molecular flexibility index (Phi) is 7.00. The molecule has 3 N–H and O–H groups in total. The number of carbonyl (C=O) groups is 1. The van der Waals surface area contributed by atoms with Crippen molar-refractivity contribution in [2.45, 2.75) is 32.2 Å². The van der Waals surface area contributed by atoms with Crippen LogP contribution < -0.4 is 11.1 Å².